The van der Waals surface area contributed by atoms with E-state index in [0.717, 1.165) is 44.9 Å². The molecule has 0 spiro atoms. The van der Waals surface area contributed by atoms with Gasteiger partial charge in [-0.1, -0.05) is 77.0 Å². The molecule has 18 heteroatoms. The topological polar surface area (TPSA) is 265 Å². The molecule has 0 saturated heterocycles. The third kappa shape index (κ3) is 39.5. The van der Waals surface area contributed by atoms with Gasteiger partial charge in [-0.25, -0.2) is 4.79 Å². The maximum Gasteiger partial charge on any atom is 0.326 e. The number of carbonyl (C=O) groups excluding carboxylic acids is 5. The molecule has 0 saturated carbocycles. The van der Waals surface area contributed by atoms with E-state index in [9.17, 15) is 38.7 Å². The minimum atomic E-state index is -1.23. The molecule has 0 heterocycles. The van der Waals surface area contributed by atoms with Crippen LogP contribution in [0.5, 0.6) is 0 Å². The second-order valence-electron chi connectivity index (χ2n) is 14.6. The number of carboxylic acids is 2. The molecule has 342 valence electrons. The van der Waals surface area contributed by atoms with E-state index >= 15 is 0 Å². The molecule has 7 N–H and O–H groups in total. The number of rotatable bonds is 43. The van der Waals surface area contributed by atoms with E-state index in [4.69, 9.17) is 29.2 Å². The fourth-order valence-electron chi connectivity index (χ4n) is 5.77. The van der Waals surface area contributed by atoms with Gasteiger partial charge in [-0.15, -0.1) is 0 Å². The van der Waals surface area contributed by atoms with E-state index in [1.807, 2.05) is 0 Å². The summed E-state index contributed by atoms with van der Waals surface area (Å²) in [5.41, 5.74) is 0. The van der Waals surface area contributed by atoms with E-state index in [1.165, 1.54) is 51.9 Å². The lowest BCUT2D eigenvalue weighted by Crippen LogP contribution is -2.42. The third-order valence-corrected chi connectivity index (χ3v) is 9.12. The lowest BCUT2D eigenvalue weighted by molar-refractivity contribution is -0.143. The Bertz CT molecular complexity index is 1160. The SMILES string of the molecule is CC(=O)CCC(NC(=O)COCCOCCNC(=O)COCCOCCNC(=O)CCC(CO)NC(=O)CCCCCCCCCCCCCCCCC(=O)O)C(=O)O. The molecule has 0 rings (SSSR count). The van der Waals surface area contributed by atoms with E-state index in [-0.39, 0.29) is 122 Å². The lowest BCUT2D eigenvalue weighted by Gasteiger charge is -2.16. The van der Waals surface area contributed by atoms with E-state index in [2.05, 4.69) is 21.3 Å². The van der Waals surface area contributed by atoms with Crippen LogP contribution < -0.4 is 21.3 Å². The Labute approximate surface area is 350 Å². The minimum absolute atomic E-state index is 0.000861. The third-order valence-electron chi connectivity index (χ3n) is 9.12. The van der Waals surface area contributed by atoms with Gasteiger partial charge in [0.15, 0.2) is 0 Å². The molecule has 2 unspecified atom stereocenters. The first-order valence-corrected chi connectivity index (χ1v) is 21.4. The maximum absolute atomic E-state index is 12.3. The summed E-state index contributed by atoms with van der Waals surface area (Å²) in [6, 6.07) is -1.65. The largest absolute Gasteiger partial charge is 0.481 e. The molecule has 0 fully saturated rings. The van der Waals surface area contributed by atoms with Gasteiger partial charge >= 0.3 is 11.9 Å². The highest BCUT2D eigenvalue weighted by atomic mass is 16.5. The van der Waals surface area contributed by atoms with E-state index < -0.39 is 29.9 Å². The van der Waals surface area contributed by atoms with Gasteiger partial charge in [-0.3, -0.25) is 24.0 Å². The average molecular weight is 847 g/mol. The van der Waals surface area contributed by atoms with Crippen LogP contribution in [-0.4, -0.2) is 141 Å². The molecule has 0 aliphatic rings. The van der Waals surface area contributed by atoms with Crippen molar-refractivity contribution >= 4 is 41.4 Å². The number of aliphatic carboxylic acids is 2. The van der Waals surface area contributed by atoms with Gasteiger partial charge < -0.3 is 60.3 Å². The number of hydrogen-bond acceptors (Lipinski definition) is 12. The van der Waals surface area contributed by atoms with Crippen molar-refractivity contribution in [2.45, 2.75) is 147 Å². The zero-order valence-corrected chi connectivity index (χ0v) is 35.4. The molecule has 0 aliphatic carbocycles. The number of Topliss-reactive ketones (excluding diaryl/α,β-unsaturated/α-hetero) is 1. The lowest BCUT2D eigenvalue weighted by atomic mass is 10.0. The van der Waals surface area contributed by atoms with Crippen molar-refractivity contribution in [3.05, 3.63) is 0 Å². The Hall–Kier alpha value is -3.71. The van der Waals surface area contributed by atoms with Crippen molar-refractivity contribution in [1.82, 2.24) is 21.3 Å². The molecule has 59 heavy (non-hydrogen) atoms. The second-order valence-corrected chi connectivity index (χ2v) is 14.6. The van der Waals surface area contributed by atoms with Gasteiger partial charge in [0.1, 0.15) is 25.0 Å². The van der Waals surface area contributed by atoms with Gasteiger partial charge in [0.25, 0.3) is 0 Å². The molecule has 0 aromatic carbocycles. The highest BCUT2D eigenvalue weighted by Crippen LogP contribution is 2.14. The Morgan fingerprint density at radius 2 is 0.932 bits per heavy atom. The fraction of sp³-hybridized carbons (Fsp3) is 0.829. The minimum Gasteiger partial charge on any atom is -0.481 e. The number of hydrogen-bond donors (Lipinski definition) is 7. The van der Waals surface area contributed by atoms with Crippen LogP contribution in [0.25, 0.3) is 0 Å². The summed E-state index contributed by atoms with van der Waals surface area (Å²) < 4.78 is 21.1. The molecular formula is C41H74N4O14. The molecule has 0 radical (unpaired) electrons. The summed E-state index contributed by atoms with van der Waals surface area (Å²) >= 11 is 0. The Kier molecular flexibility index (Phi) is 37.2. The number of aliphatic hydroxyl groups is 1. The van der Waals surface area contributed by atoms with E-state index in [1.54, 1.807) is 0 Å². The quantitative estimate of drug-likeness (QED) is 0.0436. The standard InChI is InChI=1S/C41H74N4O14/c1-33(47)18-20-35(41(54)55)45-39(51)32-59-29-27-57-25-23-43-38(50)31-58-28-26-56-24-22-42-36(48)21-19-34(30-46)44-37(49)16-14-12-10-8-6-4-2-3-5-7-9-11-13-15-17-40(52)53/h34-35,46H,2-32H2,1H3,(H,42,48)(H,43,50)(H,44,49)(H,45,51)(H,52,53)(H,54,55). The van der Waals surface area contributed by atoms with Gasteiger partial charge in [-0.05, 0) is 32.6 Å². The average Bonchev–Trinajstić information content (AvgIpc) is 3.19. The molecule has 0 aromatic heterocycles. The number of aliphatic hydroxyl groups excluding tert-OH is 1. The van der Waals surface area contributed by atoms with Crippen molar-refractivity contribution in [2.24, 2.45) is 0 Å². The van der Waals surface area contributed by atoms with Crippen molar-refractivity contribution < 1.29 is 67.8 Å². The van der Waals surface area contributed by atoms with Gasteiger partial charge in [0, 0.05) is 38.8 Å². The predicted octanol–water partition coefficient (Wildman–Crippen LogP) is 2.81. The second kappa shape index (κ2) is 39.7. The number of carbonyl (C=O) groups is 7. The summed E-state index contributed by atoms with van der Waals surface area (Å²) in [5.74, 6) is -3.40. The summed E-state index contributed by atoms with van der Waals surface area (Å²) in [6.45, 7) is 2.14. The number of unbranched alkanes of at least 4 members (excludes halogenated alkanes) is 13. The number of amides is 4. The summed E-state index contributed by atoms with van der Waals surface area (Å²) in [7, 11) is 0. The number of carboxylic acid groups (broad SMARTS) is 2. The zero-order chi connectivity index (χ0) is 43.8. The first kappa shape index (κ1) is 55.3. The summed E-state index contributed by atoms with van der Waals surface area (Å²) in [5, 5.41) is 37.9. The van der Waals surface area contributed by atoms with Crippen LogP contribution >= 0.6 is 0 Å². The molecule has 4 amide bonds. The highest BCUT2D eigenvalue weighted by Gasteiger charge is 2.20. The zero-order valence-electron chi connectivity index (χ0n) is 35.4. The Balaban J connectivity index is 3.63. The molecule has 0 aliphatic heterocycles. The van der Waals surface area contributed by atoms with Crippen LogP contribution in [0.3, 0.4) is 0 Å². The van der Waals surface area contributed by atoms with Gasteiger partial charge in [0.05, 0.1) is 52.3 Å². The normalized spacial score (nSPS) is 12.0. The molecule has 0 aromatic rings. The Morgan fingerprint density at radius 3 is 1.41 bits per heavy atom. The molecule has 18 nitrogen and oxygen atoms in total. The number of ketones is 1. The molecule has 0 bridgehead atoms. The maximum atomic E-state index is 12.3. The first-order chi connectivity index (χ1) is 28.4. The van der Waals surface area contributed by atoms with Crippen molar-refractivity contribution in [2.75, 3.05) is 72.6 Å². The molecule has 2 atom stereocenters. The summed E-state index contributed by atoms with van der Waals surface area (Å²) in [6.07, 6.45) is 16.7. The Morgan fingerprint density at radius 1 is 0.475 bits per heavy atom. The number of nitrogens with one attached hydrogen (secondary N) is 4. The first-order valence-electron chi connectivity index (χ1n) is 21.4. The summed E-state index contributed by atoms with van der Waals surface area (Å²) in [4.78, 5) is 81.0. The number of ether oxygens (including phenoxy) is 4. The van der Waals surface area contributed by atoms with Crippen LogP contribution in [0, 0.1) is 0 Å². The highest BCUT2D eigenvalue weighted by molar-refractivity contribution is 5.85. The van der Waals surface area contributed by atoms with Gasteiger partial charge in [0.2, 0.25) is 23.6 Å². The van der Waals surface area contributed by atoms with Crippen LogP contribution in [-0.2, 0) is 52.5 Å². The van der Waals surface area contributed by atoms with Crippen LogP contribution in [0.2, 0.25) is 0 Å². The monoisotopic (exact) mass is 847 g/mol. The van der Waals surface area contributed by atoms with Crippen LogP contribution in [0.15, 0.2) is 0 Å². The van der Waals surface area contributed by atoms with Crippen molar-refractivity contribution in [3.63, 3.8) is 0 Å². The van der Waals surface area contributed by atoms with Gasteiger partial charge in [-0.2, -0.15) is 0 Å². The predicted molar refractivity (Wildman–Crippen MR) is 219 cm³/mol. The van der Waals surface area contributed by atoms with Crippen LogP contribution in [0.1, 0.15) is 135 Å². The smallest absolute Gasteiger partial charge is 0.326 e. The van der Waals surface area contributed by atoms with Crippen molar-refractivity contribution in [1.29, 1.82) is 0 Å². The molecular weight excluding hydrogens is 772 g/mol. The van der Waals surface area contributed by atoms with Crippen molar-refractivity contribution in [3.8, 4) is 0 Å². The van der Waals surface area contributed by atoms with E-state index in [0.29, 0.717) is 12.8 Å². The fourth-order valence-corrected chi connectivity index (χ4v) is 5.77. The van der Waals surface area contributed by atoms with Crippen LogP contribution in [0.4, 0.5) is 0 Å².